The molecule has 3 amide bonds. The predicted octanol–water partition coefficient (Wildman–Crippen LogP) is -4.73. The Morgan fingerprint density at radius 3 is 1.05 bits per heavy atom. The van der Waals surface area contributed by atoms with Gasteiger partial charge in [-0.1, -0.05) is 22.3 Å². The van der Waals surface area contributed by atoms with E-state index in [-0.39, 0.29) is 67.8 Å². The maximum absolute atomic E-state index is 11.5. The van der Waals surface area contributed by atoms with E-state index in [1.165, 1.54) is 0 Å². The van der Waals surface area contributed by atoms with Gasteiger partial charge in [0.25, 0.3) is 0 Å². The van der Waals surface area contributed by atoms with Gasteiger partial charge in [-0.2, -0.15) is 0 Å². The number of carboxylic acid groups (broad SMARTS) is 5. The minimum Gasteiger partial charge on any atom is -0.481 e. The molecule has 0 radical (unpaired) electrons. The SMILES string of the molecule is C.C.C.CC1O[C@@H](CCCOC(=O)NC(CC(=O)O)C(=O)O)C(O)C(O)C1O.O=C(O)CC(CO)NC(=O)OCCCC1OC(CO)C(O)C1O.O=C(O)CC(NC(=O)OCCC[C@@H]1OC(CO)C(O)C(O)C1O)C(=O)O. The molecule has 3 rings (SSSR count). The van der Waals surface area contributed by atoms with Gasteiger partial charge in [-0.05, 0) is 45.4 Å². The summed E-state index contributed by atoms with van der Waals surface area (Å²) in [6, 6.07) is -4.17. The minimum absolute atomic E-state index is 0. The number of hydrogen-bond donors (Lipinski definition) is 19. The predicted molar refractivity (Wildman–Crippen MR) is 256 cm³/mol. The van der Waals surface area contributed by atoms with Gasteiger partial charge in [0, 0.05) is 0 Å². The molecule has 33 heteroatoms. The molecule has 3 fully saturated rings. The summed E-state index contributed by atoms with van der Waals surface area (Å²) >= 11 is 0. The third-order valence-corrected chi connectivity index (χ3v) is 11.1. The van der Waals surface area contributed by atoms with Crippen LogP contribution in [-0.2, 0) is 52.4 Å². The zero-order chi connectivity index (χ0) is 56.4. The highest BCUT2D eigenvalue weighted by Crippen LogP contribution is 2.26. The third kappa shape index (κ3) is 27.7. The standard InChI is InChI=1S/C14H23NO11.C14H23NO10.C13H23NO9.3CH4/c16-5-8-11(20)12(21)10(19)7(26-8)2-1-3-25-14(24)15-6(13(22)23)4-9(17)18;1-6-10(18)12(20)11(19)8(25-6)3-2-4-24-14(23)15-7(13(21)22)5-9(16)17;15-5-7(4-10(17)18)14-13(21)22-3-1-2-8-11(19)12(20)9(6-16)23-8;;;/h6-8,10-12,16,19-21H,1-5H2,(H,15,24)(H,17,18)(H,22,23);6-8,10-12,18-20H,2-5H2,1H3,(H,15,23)(H,16,17)(H,21,22);7-9,11-12,15-16,19-20H,1-6H2,(H,14,21)(H,17,18);3*1H4/t6?,7-,8?,10?,11?,12?;6?,7?,8-,10?,11?,12?;;;;/m00..../s1. The van der Waals surface area contributed by atoms with Crippen molar-refractivity contribution in [3.63, 3.8) is 0 Å². The van der Waals surface area contributed by atoms with Gasteiger partial charge in [0.15, 0.2) is 0 Å². The van der Waals surface area contributed by atoms with Crippen LogP contribution < -0.4 is 16.0 Å². The summed E-state index contributed by atoms with van der Waals surface area (Å²) in [4.78, 5) is 87.5. The molecule has 3 saturated heterocycles. The molecule has 3 aliphatic heterocycles. The Balaban J connectivity index is -0.00000105. The van der Waals surface area contributed by atoms with Gasteiger partial charge in [-0.25, -0.2) is 24.0 Å². The average Bonchev–Trinajstić information content (AvgIpc) is 3.61. The van der Waals surface area contributed by atoms with E-state index in [1.807, 2.05) is 10.6 Å². The molecule has 3 heterocycles. The number of hydrogen-bond acceptors (Lipinski definition) is 25. The topological polar surface area (TPSA) is 552 Å². The first-order valence-electron chi connectivity index (χ1n) is 22.8. The molecule has 77 heavy (non-hydrogen) atoms. The first kappa shape index (κ1) is 75.8. The average molecular weight is 1130 g/mol. The van der Waals surface area contributed by atoms with Crippen LogP contribution >= 0.6 is 0 Å². The van der Waals surface area contributed by atoms with Crippen molar-refractivity contribution in [3.05, 3.63) is 0 Å². The number of carbonyl (C=O) groups is 8. The molecule has 0 aromatic rings. The van der Waals surface area contributed by atoms with Crippen LogP contribution in [-0.4, -0.2) is 273 Å². The lowest BCUT2D eigenvalue weighted by Crippen LogP contribution is -2.58. The number of carboxylic acids is 5. The summed E-state index contributed by atoms with van der Waals surface area (Å²) in [7, 11) is 0. The van der Waals surface area contributed by atoms with E-state index >= 15 is 0 Å². The van der Waals surface area contributed by atoms with Crippen LogP contribution in [0.25, 0.3) is 0 Å². The van der Waals surface area contributed by atoms with Crippen LogP contribution in [0.5, 0.6) is 0 Å². The number of carbonyl (C=O) groups excluding carboxylic acids is 3. The van der Waals surface area contributed by atoms with Gasteiger partial charge in [-0.3, -0.25) is 14.4 Å². The van der Waals surface area contributed by atoms with E-state index in [0.29, 0.717) is 12.8 Å². The van der Waals surface area contributed by atoms with E-state index in [4.69, 9.17) is 69.3 Å². The quantitative estimate of drug-likeness (QED) is 0.0286. The van der Waals surface area contributed by atoms with Crippen LogP contribution in [0.4, 0.5) is 14.4 Å². The second-order valence-corrected chi connectivity index (χ2v) is 16.8. The number of rotatable bonds is 26. The Hall–Kier alpha value is -5.40. The molecule has 0 bridgehead atoms. The normalized spacial score (nSPS) is 28.3. The van der Waals surface area contributed by atoms with Crippen molar-refractivity contribution in [2.75, 3.05) is 39.6 Å². The van der Waals surface area contributed by atoms with Crippen molar-refractivity contribution in [3.8, 4) is 0 Å². The van der Waals surface area contributed by atoms with Crippen LogP contribution in [0.2, 0.25) is 0 Å². The fourth-order valence-corrected chi connectivity index (χ4v) is 7.05. The van der Waals surface area contributed by atoms with E-state index in [0.717, 1.165) is 0 Å². The van der Waals surface area contributed by atoms with Gasteiger partial charge >= 0.3 is 48.1 Å². The second kappa shape index (κ2) is 39.0. The molecule has 0 aliphatic carbocycles. The molecule has 0 spiro atoms. The van der Waals surface area contributed by atoms with Crippen molar-refractivity contribution in [2.24, 2.45) is 0 Å². The van der Waals surface area contributed by atoms with Crippen molar-refractivity contribution >= 4 is 48.1 Å². The van der Waals surface area contributed by atoms with Crippen LogP contribution in [0.3, 0.4) is 0 Å². The lowest BCUT2D eigenvalue weighted by Gasteiger charge is -2.40. The lowest BCUT2D eigenvalue weighted by atomic mass is 9.93. The molecular formula is C44H81N3O30. The molecule has 3 aliphatic rings. The highest BCUT2D eigenvalue weighted by Gasteiger charge is 2.44. The smallest absolute Gasteiger partial charge is 0.407 e. The van der Waals surface area contributed by atoms with E-state index < -0.39 is 191 Å². The van der Waals surface area contributed by atoms with E-state index in [9.17, 15) is 79.2 Å². The summed E-state index contributed by atoms with van der Waals surface area (Å²) in [6.07, 6.45) is -19.0. The molecule has 33 nitrogen and oxygen atoms in total. The lowest BCUT2D eigenvalue weighted by molar-refractivity contribution is -0.230. The zero-order valence-electron chi connectivity index (χ0n) is 39.8. The highest BCUT2D eigenvalue weighted by atomic mass is 16.6. The fraction of sp³-hybridized carbons (Fsp3) is 0.818. The Morgan fingerprint density at radius 2 is 0.727 bits per heavy atom. The number of alkyl carbamates (subject to hydrolysis) is 3. The van der Waals surface area contributed by atoms with Gasteiger partial charge in [0.05, 0.1) is 89.4 Å². The Bertz CT molecular complexity index is 1760. The number of ether oxygens (including phenoxy) is 6. The molecule has 15 unspecified atom stereocenters. The van der Waals surface area contributed by atoms with Crippen LogP contribution in [0, 0.1) is 0 Å². The first-order valence-corrected chi connectivity index (χ1v) is 22.8. The molecular weight excluding hydrogens is 1050 g/mol. The number of amides is 3. The minimum atomic E-state index is -1.63. The number of nitrogens with one attached hydrogen (secondary N) is 3. The maximum atomic E-state index is 11.5. The molecule has 0 saturated carbocycles. The molecule has 0 aromatic heterocycles. The zero-order valence-corrected chi connectivity index (χ0v) is 39.8. The van der Waals surface area contributed by atoms with Crippen molar-refractivity contribution in [2.45, 2.75) is 191 Å². The molecule has 452 valence electrons. The van der Waals surface area contributed by atoms with Crippen molar-refractivity contribution < 1.29 is 148 Å². The Kier molecular flexibility index (Phi) is 38.4. The number of aliphatic hydroxyl groups is 11. The third-order valence-electron chi connectivity index (χ3n) is 11.1. The van der Waals surface area contributed by atoms with Crippen molar-refractivity contribution in [1.29, 1.82) is 0 Å². The van der Waals surface area contributed by atoms with Gasteiger partial charge in [0.1, 0.15) is 73.1 Å². The summed E-state index contributed by atoms with van der Waals surface area (Å²) < 4.78 is 30.2. The second-order valence-electron chi connectivity index (χ2n) is 16.8. The van der Waals surface area contributed by atoms with Gasteiger partial charge in [0.2, 0.25) is 0 Å². The number of aliphatic carboxylic acids is 5. The monoisotopic (exact) mass is 1130 g/mol. The summed E-state index contributed by atoms with van der Waals surface area (Å²) in [6.45, 7) is -0.274. The first-order chi connectivity index (χ1) is 34.7. The maximum Gasteiger partial charge on any atom is 0.407 e. The summed E-state index contributed by atoms with van der Waals surface area (Å²) in [5, 5.41) is 154. The molecule has 17 atom stereocenters. The van der Waals surface area contributed by atoms with E-state index in [2.05, 4.69) is 5.32 Å². The molecule has 19 N–H and O–H groups in total. The van der Waals surface area contributed by atoms with Gasteiger partial charge < -0.3 is 126 Å². The number of aliphatic hydroxyl groups excluding tert-OH is 11. The fourth-order valence-electron chi connectivity index (χ4n) is 7.05. The Morgan fingerprint density at radius 1 is 0.429 bits per heavy atom. The summed E-state index contributed by atoms with van der Waals surface area (Å²) in [5.41, 5.74) is 0. The highest BCUT2D eigenvalue weighted by molar-refractivity contribution is 5.85. The van der Waals surface area contributed by atoms with E-state index in [1.54, 1.807) is 6.92 Å². The van der Waals surface area contributed by atoms with Gasteiger partial charge in [-0.15, -0.1) is 0 Å². The molecule has 0 aromatic carbocycles. The summed E-state index contributed by atoms with van der Waals surface area (Å²) in [5.74, 6) is -6.97. The van der Waals surface area contributed by atoms with Crippen LogP contribution in [0.15, 0.2) is 0 Å². The Labute approximate surface area is 442 Å². The largest absolute Gasteiger partial charge is 0.481 e. The van der Waals surface area contributed by atoms with Crippen molar-refractivity contribution in [1.82, 2.24) is 16.0 Å². The van der Waals surface area contributed by atoms with Crippen LogP contribution in [0.1, 0.15) is 87.0 Å².